The van der Waals surface area contributed by atoms with Gasteiger partial charge >= 0.3 is 0 Å². The molecule has 0 bridgehead atoms. The third-order valence-corrected chi connectivity index (χ3v) is 2.41. The lowest BCUT2D eigenvalue weighted by molar-refractivity contribution is 0.587. The molecule has 0 saturated carbocycles. The van der Waals surface area contributed by atoms with Crippen LogP contribution in [0.15, 0.2) is 41.1 Å². The average Bonchev–Trinajstić information content (AvgIpc) is 2.20. The fourth-order valence-electron chi connectivity index (χ4n) is 1.15. The van der Waals surface area contributed by atoms with Crippen molar-refractivity contribution in [2.75, 3.05) is 0 Å². The van der Waals surface area contributed by atoms with Crippen LogP contribution in [0, 0.1) is 5.95 Å². The monoisotopic (exact) mass is 252 g/mol. The summed E-state index contributed by atoms with van der Waals surface area (Å²) in [7, 11) is 0. The molecule has 2 nitrogen and oxygen atoms in total. The van der Waals surface area contributed by atoms with Gasteiger partial charge in [0.25, 0.3) is 0 Å². The topological polar surface area (TPSA) is 25.8 Å². The van der Waals surface area contributed by atoms with Gasteiger partial charge in [-0.2, -0.15) is 4.39 Å². The van der Waals surface area contributed by atoms with Gasteiger partial charge in [-0.3, -0.25) is 4.98 Å². The summed E-state index contributed by atoms with van der Waals surface area (Å²) in [5.41, 5.74) is 0.970. The molecule has 0 atom stereocenters. The molecule has 2 aromatic rings. The molecule has 2 rings (SSSR count). The molecule has 0 aromatic carbocycles. The van der Waals surface area contributed by atoms with E-state index in [0.29, 0.717) is 11.3 Å². The Bertz CT molecular complexity index is 416. The number of rotatable bonds is 1. The first kappa shape index (κ1) is 9.27. The van der Waals surface area contributed by atoms with E-state index < -0.39 is 5.95 Å². The van der Waals surface area contributed by atoms with Gasteiger partial charge in [0.1, 0.15) is 0 Å². The number of halogens is 2. The minimum atomic E-state index is -0.507. The average molecular weight is 253 g/mol. The maximum Gasteiger partial charge on any atom is 0.222 e. The molecule has 70 valence electrons. The number of hydrogen-bond acceptors (Lipinski definition) is 2. The lowest BCUT2D eigenvalue weighted by atomic mass is 10.2. The highest BCUT2D eigenvalue weighted by atomic mass is 79.9. The molecule has 0 amide bonds. The van der Waals surface area contributed by atoms with E-state index in [1.54, 1.807) is 24.4 Å². The summed E-state index contributed by atoms with van der Waals surface area (Å²) in [6.45, 7) is 0. The van der Waals surface area contributed by atoms with Crippen LogP contribution in [-0.2, 0) is 0 Å². The van der Waals surface area contributed by atoms with Crippen LogP contribution in [-0.4, -0.2) is 9.97 Å². The van der Waals surface area contributed by atoms with Gasteiger partial charge in [-0.15, -0.1) is 0 Å². The summed E-state index contributed by atoms with van der Waals surface area (Å²) >= 11 is 3.31. The quantitative estimate of drug-likeness (QED) is 0.730. The molecule has 0 aliphatic rings. The number of nitrogens with zero attached hydrogens (tertiary/aromatic N) is 2. The molecule has 0 fully saturated rings. The van der Waals surface area contributed by atoms with Crippen molar-refractivity contribution in [3.05, 3.63) is 47.1 Å². The smallest absolute Gasteiger partial charge is 0.222 e. The van der Waals surface area contributed by atoms with E-state index in [0.717, 1.165) is 4.47 Å². The SMILES string of the molecule is Fc1ncccc1-c1ncccc1Br. The van der Waals surface area contributed by atoms with Crippen molar-refractivity contribution < 1.29 is 4.39 Å². The van der Waals surface area contributed by atoms with Gasteiger partial charge in [0.05, 0.1) is 11.3 Å². The standard InChI is InChI=1S/C10H6BrFN2/c11-8-4-2-5-13-9(8)7-3-1-6-14-10(7)12/h1-6H. The van der Waals surface area contributed by atoms with Crippen molar-refractivity contribution in [1.29, 1.82) is 0 Å². The summed E-state index contributed by atoms with van der Waals surface area (Å²) in [6.07, 6.45) is 3.03. The predicted molar refractivity (Wildman–Crippen MR) is 55.1 cm³/mol. The first-order valence-electron chi connectivity index (χ1n) is 4.00. The first-order valence-corrected chi connectivity index (χ1v) is 4.80. The number of aromatic nitrogens is 2. The predicted octanol–water partition coefficient (Wildman–Crippen LogP) is 3.05. The molecular formula is C10H6BrFN2. The molecule has 14 heavy (non-hydrogen) atoms. The molecule has 0 saturated heterocycles. The van der Waals surface area contributed by atoms with Crippen LogP contribution >= 0.6 is 15.9 Å². The van der Waals surface area contributed by atoms with Crippen molar-refractivity contribution in [3.63, 3.8) is 0 Å². The van der Waals surface area contributed by atoms with Crippen molar-refractivity contribution in [2.24, 2.45) is 0 Å². The van der Waals surface area contributed by atoms with Crippen LogP contribution < -0.4 is 0 Å². The van der Waals surface area contributed by atoms with Gasteiger partial charge in [0.2, 0.25) is 5.95 Å². The lowest BCUT2D eigenvalue weighted by Crippen LogP contribution is -1.90. The zero-order valence-corrected chi connectivity index (χ0v) is 8.70. The van der Waals surface area contributed by atoms with Crippen LogP contribution in [0.1, 0.15) is 0 Å². The van der Waals surface area contributed by atoms with Crippen molar-refractivity contribution >= 4 is 15.9 Å². The van der Waals surface area contributed by atoms with Gasteiger partial charge < -0.3 is 0 Å². The normalized spacial score (nSPS) is 10.1. The Balaban J connectivity index is 2.61. The largest absolute Gasteiger partial charge is 0.255 e. The van der Waals surface area contributed by atoms with E-state index in [2.05, 4.69) is 25.9 Å². The van der Waals surface area contributed by atoms with Crippen LogP contribution in [0.4, 0.5) is 4.39 Å². The van der Waals surface area contributed by atoms with E-state index in [1.165, 1.54) is 6.20 Å². The Labute approximate surface area is 89.0 Å². The highest BCUT2D eigenvalue weighted by molar-refractivity contribution is 9.10. The Morgan fingerprint density at radius 3 is 2.50 bits per heavy atom. The van der Waals surface area contributed by atoms with E-state index in [9.17, 15) is 4.39 Å². The van der Waals surface area contributed by atoms with Gasteiger partial charge in [-0.25, -0.2) is 4.98 Å². The van der Waals surface area contributed by atoms with E-state index in [4.69, 9.17) is 0 Å². The summed E-state index contributed by atoms with van der Waals surface area (Å²) < 4.78 is 14.0. The van der Waals surface area contributed by atoms with Crippen molar-refractivity contribution in [2.45, 2.75) is 0 Å². The first-order chi connectivity index (χ1) is 6.79. The Kier molecular flexibility index (Phi) is 2.54. The molecule has 0 aliphatic carbocycles. The van der Waals surface area contributed by atoms with E-state index in [1.807, 2.05) is 6.07 Å². The molecule has 0 aliphatic heterocycles. The third-order valence-electron chi connectivity index (χ3n) is 1.77. The molecule has 0 radical (unpaired) electrons. The van der Waals surface area contributed by atoms with Crippen LogP contribution in [0.5, 0.6) is 0 Å². The third kappa shape index (κ3) is 1.65. The second-order valence-corrected chi connectivity index (χ2v) is 3.53. The van der Waals surface area contributed by atoms with Crippen molar-refractivity contribution in [1.82, 2.24) is 9.97 Å². The van der Waals surface area contributed by atoms with Gasteiger partial charge in [0.15, 0.2) is 0 Å². The minimum absolute atomic E-state index is 0.403. The van der Waals surface area contributed by atoms with Crippen LogP contribution in [0.3, 0.4) is 0 Å². The summed E-state index contributed by atoms with van der Waals surface area (Å²) in [6, 6.07) is 6.92. The number of hydrogen-bond donors (Lipinski definition) is 0. The fourth-order valence-corrected chi connectivity index (χ4v) is 1.62. The fraction of sp³-hybridized carbons (Fsp3) is 0. The van der Waals surface area contributed by atoms with Gasteiger partial charge in [0, 0.05) is 16.9 Å². The maximum absolute atomic E-state index is 13.3. The Morgan fingerprint density at radius 1 is 1.07 bits per heavy atom. The molecule has 0 N–H and O–H groups in total. The molecule has 0 unspecified atom stereocenters. The minimum Gasteiger partial charge on any atom is -0.255 e. The second-order valence-electron chi connectivity index (χ2n) is 2.68. The Morgan fingerprint density at radius 2 is 1.79 bits per heavy atom. The molecule has 4 heteroatoms. The molecule has 2 heterocycles. The van der Waals surface area contributed by atoms with Crippen molar-refractivity contribution in [3.8, 4) is 11.3 Å². The summed E-state index contributed by atoms with van der Waals surface area (Å²) in [4.78, 5) is 7.65. The highest BCUT2D eigenvalue weighted by Crippen LogP contribution is 2.26. The molecule has 0 spiro atoms. The van der Waals surface area contributed by atoms with E-state index in [-0.39, 0.29) is 0 Å². The summed E-state index contributed by atoms with van der Waals surface area (Å²) in [5, 5.41) is 0. The highest BCUT2D eigenvalue weighted by Gasteiger charge is 2.08. The van der Waals surface area contributed by atoms with Crippen LogP contribution in [0.25, 0.3) is 11.3 Å². The van der Waals surface area contributed by atoms with Crippen LogP contribution in [0.2, 0.25) is 0 Å². The zero-order chi connectivity index (χ0) is 9.97. The number of pyridine rings is 2. The molecular weight excluding hydrogens is 247 g/mol. The van der Waals surface area contributed by atoms with Gasteiger partial charge in [-0.05, 0) is 40.2 Å². The Hall–Kier alpha value is -1.29. The molecule has 2 aromatic heterocycles. The lowest BCUT2D eigenvalue weighted by Gasteiger charge is -2.02. The second kappa shape index (κ2) is 3.84. The zero-order valence-electron chi connectivity index (χ0n) is 7.11. The maximum atomic E-state index is 13.3. The van der Waals surface area contributed by atoms with Gasteiger partial charge in [-0.1, -0.05) is 0 Å². The summed E-state index contributed by atoms with van der Waals surface area (Å²) in [5.74, 6) is -0.507. The van der Waals surface area contributed by atoms with E-state index >= 15 is 0 Å².